The van der Waals surface area contributed by atoms with Crippen LogP contribution in [0.15, 0.2) is 114 Å². The van der Waals surface area contributed by atoms with E-state index in [0.717, 1.165) is 38.6 Å². The Morgan fingerprint density at radius 1 is 0.688 bits per heavy atom. The zero-order valence-electron chi connectivity index (χ0n) is 28.9. The normalized spacial score (nSPS) is 12.8. The summed E-state index contributed by atoms with van der Waals surface area (Å²) in [6.45, 7) is 13.1. The molecule has 0 saturated heterocycles. The minimum absolute atomic E-state index is 0.0356. The van der Waals surface area contributed by atoms with Gasteiger partial charge in [0.25, 0.3) is 0 Å². The van der Waals surface area contributed by atoms with E-state index in [2.05, 4.69) is 88.6 Å². The highest BCUT2D eigenvalue weighted by Crippen LogP contribution is 2.42. The van der Waals surface area contributed by atoms with Crippen LogP contribution in [-0.2, 0) is 10.8 Å². The number of benzene rings is 4. The van der Waals surface area contributed by atoms with Gasteiger partial charge in [-0.05, 0) is 88.7 Å². The molecule has 0 amide bonds. The average molecular weight is 635 g/mol. The molecule has 8 rings (SSSR count). The van der Waals surface area contributed by atoms with Crippen molar-refractivity contribution < 1.29 is 14.9 Å². The first-order valence-corrected chi connectivity index (χ1v) is 16.2. The molecule has 0 spiro atoms. The maximum atomic E-state index is 14.5. The molecular formula is C42H36FN3O2. The van der Waals surface area contributed by atoms with Crippen molar-refractivity contribution in [3.8, 4) is 28.6 Å². The van der Waals surface area contributed by atoms with Gasteiger partial charge in [0.05, 0.1) is 18.1 Å². The molecule has 0 saturated carbocycles. The van der Waals surface area contributed by atoms with Crippen LogP contribution >= 0.6 is 0 Å². The van der Waals surface area contributed by atoms with Crippen molar-refractivity contribution in [1.29, 1.82) is 0 Å². The monoisotopic (exact) mass is 634 g/mol. The maximum Gasteiger partial charge on any atom is 0.145 e. The molecule has 4 aromatic heterocycles. The van der Waals surface area contributed by atoms with Gasteiger partial charge >= 0.3 is 0 Å². The number of para-hydroxylation sites is 1. The second kappa shape index (κ2) is 10.8. The van der Waals surface area contributed by atoms with E-state index in [-0.39, 0.29) is 22.5 Å². The number of hydrogen-bond acceptors (Lipinski definition) is 4. The summed E-state index contributed by atoms with van der Waals surface area (Å²) in [5, 5.41) is 3.58. The second-order valence-electron chi connectivity index (χ2n) is 14.5. The van der Waals surface area contributed by atoms with Gasteiger partial charge in [0, 0.05) is 51.6 Å². The van der Waals surface area contributed by atoms with Gasteiger partial charge in [-0.3, -0.25) is 9.55 Å². The average Bonchev–Trinajstić information content (AvgIpc) is 3.61. The standard InChI is InChI=1S/C42H36FN3O2/c1-41(2,3)25-15-17-44-35(19-25)34-23-29(22-33-32-13-11-27(43)21-38(32)48-40(33)34)47-28-12-14-31-30-9-7-8-10-36(30)46(37(31)24-28)39-20-26(16-18-45-39)42(4,5)6/h7-24H,1-6H3/i21D. The number of ether oxygens (including phenoxy) is 1. The van der Waals surface area contributed by atoms with Gasteiger partial charge in [0.2, 0.25) is 0 Å². The van der Waals surface area contributed by atoms with Gasteiger partial charge in [-0.1, -0.05) is 59.7 Å². The first-order chi connectivity index (χ1) is 23.4. The topological polar surface area (TPSA) is 53.1 Å². The highest BCUT2D eigenvalue weighted by atomic mass is 19.1. The van der Waals surface area contributed by atoms with E-state index >= 15 is 0 Å². The number of pyridine rings is 2. The smallest absolute Gasteiger partial charge is 0.145 e. The van der Waals surface area contributed by atoms with Crippen LogP contribution in [0.1, 0.15) is 54.0 Å². The fraction of sp³-hybridized carbons (Fsp3) is 0.190. The summed E-state index contributed by atoms with van der Waals surface area (Å²) in [5.74, 6) is 1.42. The van der Waals surface area contributed by atoms with Crippen LogP contribution in [0, 0.1) is 5.82 Å². The molecule has 0 aliphatic rings. The Morgan fingerprint density at radius 2 is 1.40 bits per heavy atom. The lowest BCUT2D eigenvalue weighted by Crippen LogP contribution is -2.12. The van der Waals surface area contributed by atoms with E-state index in [9.17, 15) is 4.39 Å². The van der Waals surface area contributed by atoms with Crippen LogP contribution in [0.25, 0.3) is 60.8 Å². The summed E-state index contributed by atoms with van der Waals surface area (Å²) < 4.78 is 38.0. The van der Waals surface area contributed by atoms with Crippen molar-refractivity contribution in [1.82, 2.24) is 14.5 Å². The molecule has 0 atom stereocenters. The van der Waals surface area contributed by atoms with Gasteiger partial charge in [-0.25, -0.2) is 9.37 Å². The van der Waals surface area contributed by atoms with Gasteiger partial charge < -0.3 is 9.15 Å². The first kappa shape index (κ1) is 28.7. The third kappa shape index (κ3) is 5.09. The van der Waals surface area contributed by atoms with Crippen LogP contribution in [0.2, 0.25) is 0 Å². The van der Waals surface area contributed by atoms with Crippen LogP contribution in [0.5, 0.6) is 11.5 Å². The Balaban J connectivity index is 1.32. The molecule has 0 unspecified atom stereocenters. The molecule has 6 heteroatoms. The first-order valence-electron chi connectivity index (χ1n) is 16.7. The number of fused-ring (bicyclic) bond motifs is 6. The third-order valence-electron chi connectivity index (χ3n) is 9.05. The molecule has 5 nitrogen and oxygen atoms in total. The van der Waals surface area contributed by atoms with Crippen molar-refractivity contribution >= 4 is 43.7 Å². The molecule has 8 aromatic rings. The largest absolute Gasteiger partial charge is 0.457 e. The van der Waals surface area contributed by atoms with Crippen molar-refractivity contribution in [3.05, 3.63) is 126 Å². The Kier molecular flexibility index (Phi) is 6.45. The lowest BCUT2D eigenvalue weighted by Gasteiger charge is -2.20. The highest BCUT2D eigenvalue weighted by molar-refractivity contribution is 6.11. The Labute approximate surface area is 280 Å². The van der Waals surface area contributed by atoms with E-state index in [1.807, 2.05) is 42.6 Å². The molecule has 0 aliphatic heterocycles. The van der Waals surface area contributed by atoms with Gasteiger partial charge in [0.1, 0.15) is 34.3 Å². The van der Waals surface area contributed by atoms with Crippen molar-refractivity contribution in [3.63, 3.8) is 0 Å². The quantitative estimate of drug-likeness (QED) is 0.193. The van der Waals surface area contributed by atoms with Crippen molar-refractivity contribution in [2.45, 2.75) is 52.4 Å². The Morgan fingerprint density at radius 3 is 2.19 bits per heavy atom. The van der Waals surface area contributed by atoms with E-state index in [1.54, 1.807) is 12.3 Å². The minimum Gasteiger partial charge on any atom is -0.457 e. The molecule has 0 aliphatic carbocycles. The highest BCUT2D eigenvalue weighted by Gasteiger charge is 2.21. The zero-order chi connectivity index (χ0) is 34.2. The fourth-order valence-electron chi connectivity index (χ4n) is 6.45. The number of furan rings is 1. The fourth-order valence-corrected chi connectivity index (χ4v) is 6.45. The SMILES string of the molecule is [2H]c1c(F)ccc2c1oc1c(-c3cc(C(C)(C)C)ccn3)cc(Oc3ccc4c5ccccc5n(-c5cc(C(C)(C)C)ccn5)c4c3)cc12. The van der Waals surface area contributed by atoms with E-state index in [0.29, 0.717) is 33.7 Å². The summed E-state index contributed by atoms with van der Waals surface area (Å²) in [7, 11) is 0. The molecule has 0 bridgehead atoms. The third-order valence-corrected chi connectivity index (χ3v) is 9.05. The van der Waals surface area contributed by atoms with Crippen molar-refractivity contribution in [2.24, 2.45) is 0 Å². The molecule has 0 N–H and O–H groups in total. The van der Waals surface area contributed by atoms with Crippen LogP contribution < -0.4 is 4.74 Å². The molecule has 48 heavy (non-hydrogen) atoms. The van der Waals surface area contributed by atoms with Crippen molar-refractivity contribution in [2.75, 3.05) is 0 Å². The number of nitrogens with zero attached hydrogens (tertiary/aromatic N) is 3. The van der Waals surface area contributed by atoms with Gasteiger partial charge in [0.15, 0.2) is 0 Å². The number of aromatic nitrogens is 3. The zero-order valence-corrected chi connectivity index (χ0v) is 27.9. The second-order valence-corrected chi connectivity index (χ2v) is 14.5. The van der Waals surface area contributed by atoms with Crippen LogP contribution in [-0.4, -0.2) is 14.5 Å². The molecule has 4 aromatic carbocycles. The predicted molar refractivity (Wildman–Crippen MR) is 193 cm³/mol. The number of hydrogen-bond donors (Lipinski definition) is 0. The van der Waals surface area contributed by atoms with E-state index < -0.39 is 5.82 Å². The Hall–Kier alpha value is -5.49. The summed E-state index contributed by atoms with van der Waals surface area (Å²) >= 11 is 0. The van der Waals surface area contributed by atoms with Crippen LogP contribution in [0.4, 0.5) is 4.39 Å². The van der Waals surface area contributed by atoms with E-state index in [1.165, 1.54) is 11.6 Å². The lowest BCUT2D eigenvalue weighted by molar-refractivity contribution is 0.484. The summed E-state index contributed by atoms with van der Waals surface area (Å²) in [4.78, 5) is 9.53. The van der Waals surface area contributed by atoms with Gasteiger partial charge in [-0.2, -0.15) is 0 Å². The van der Waals surface area contributed by atoms with Gasteiger partial charge in [-0.15, -0.1) is 0 Å². The molecule has 0 radical (unpaired) electrons. The Bertz CT molecular complexity index is 2590. The number of rotatable bonds is 4. The summed E-state index contributed by atoms with van der Waals surface area (Å²) in [6.07, 6.45) is 3.67. The molecule has 4 heterocycles. The van der Waals surface area contributed by atoms with Crippen LogP contribution in [0.3, 0.4) is 0 Å². The van der Waals surface area contributed by atoms with E-state index in [4.69, 9.17) is 20.5 Å². The number of halogens is 1. The molecular weight excluding hydrogens is 597 g/mol. The molecule has 238 valence electrons. The summed E-state index contributed by atoms with van der Waals surface area (Å²) in [5.41, 5.74) is 6.33. The molecule has 0 fully saturated rings. The maximum absolute atomic E-state index is 14.5. The minimum atomic E-state index is -0.636. The lowest BCUT2D eigenvalue weighted by atomic mass is 9.87. The predicted octanol–water partition coefficient (Wildman–Crippen LogP) is 11.7. The summed E-state index contributed by atoms with van der Waals surface area (Å²) in [6, 6.07) is 29.3.